The number of nitrogens with one attached hydrogen (secondary N) is 1. The van der Waals surface area contributed by atoms with Crippen molar-refractivity contribution in [1.29, 1.82) is 0 Å². The molecule has 1 aromatic rings. The summed E-state index contributed by atoms with van der Waals surface area (Å²) in [5.41, 5.74) is 6.46. The van der Waals surface area contributed by atoms with Crippen LogP contribution in [0.25, 0.3) is 0 Å². The van der Waals surface area contributed by atoms with Crippen LogP contribution < -0.4 is 11.1 Å². The molecule has 0 amide bonds. The second-order valence-electron chi connectivity index (χ2n) is 4.33. The molecule has 0 saturated carbocycles. The van der Waals surface area contributed by atoms with Crippen LogP contribution in [-0.4, -0.2) is 23.1 Å². The van der Waals surface area contributed by atoms with Gasteiger partial charge in [0.2, 0.25) is 0 Å². The van der Waals surface area contributed by atoms with E-state index in [4.69, 9.17) is 5.73 Å². The molecule has 0 fully saturated rings. The Bertz CT molecular complexity index is 323. The Morgan fingerprint density at radius 1 is 1.31 bits per heavy atom. The van der Waals surface area contributed by atoms with Gasteiger partial charge in [0.1, 0.15) is 11.6 Å². The zero-order chi connectivity index (χ0) is 12.0. The monoisotopic (exact) mass is 222 g/mol. The van der Waals surface area contributed by atoms with Crippen molar-refractivity contribution in [2.75, 3.05) is 18.4 Å². The molecular formula is C12H22N4. The zero-order valence-corrected chi connectivity index (χ0v) is 10.5. The molecule has 0 saturated heterocycles. The van der Waals surface area contributed by atoms with E-state index in [1.807, 2.05) is 13.0 Å². The third-order valence-corrected chi connectivity index (χ3v) is 2.32. The Labute approximate surface area is 97.7 Å². The molecule has 1 rings (SSSR count). The predicted molar refractivity (Wildman–Crippen MR) is 67.6 cm³/mol. The lowest BCUT2D eigenvalue weighted by atomic mass is 10.2. The number of aryl methyl sites for hydroxylation is 1. The SMILES string of the molecule is Cc1cc(NCCCCN)nc(C(C)C)n1. The molecule has 0 radical (unpaired) electrons. The molecule has 4 heteroatoms. The first-order chi connectivity index (χ1) is 7.63. The van der Waals surface area contributed by atoms with Crippen LogP contribution in [0.5, 0.6) is 0 Å². The Morgan fingerprint density at radius 2 is 2.06 bits per heavy atom. The Morgan fingerprint density at radius 3 is 2.69 bits per heavy atom. The lowest BCUT2D eigenvalue weighted by molar-refractivity contribution is 0.753. The minimum Gasteiger partial charge on any atom is -0.370 e. The normalized spacial score (nSPS) is 10.8. The Balaban J connectivity index is 2.58. The molecule has 90 valence electrons. The third-order valence-electron chi connectivity index (χ3n) is 2.32. The van der Waals surface area contributed by atoms with E-state index in [0.717, 1.165) is 43.3 Å². The molecule has 0 unspecified atom stereocenters. The van der Waals surface area contributed by atoms with Gasteiger partial charge in [0, 0.05) is 24.2 Å². The van der Waals surface area contributed by atoms with Crippen molar-refractivity contribution in [3.63, 3.8) is 0 Å². The summed E-state index contributed by atoms with van der Waals surface area (Å²) in [5, 5.41) is 3.31. The largest absolute Gasteiger partial charge is 0.370 e. The van der Waals surface area contributed by atoms with Crippen LogP contribution in [0.4, 0.5) is 5.82 Å². The average molecular weight is 222 g/mol. The minimum atomic E-state index is 0.365. The van der Waals surface area contributed by atoms with Crippen LogP contribution in [-0.2, 0) is 0 Å². The smallest absolute Gasteiger partial charge is 0.133 e. The standard InChI is InChI=1S/C12H22N4/c1-9(2)12-15-10(3)8-11(16-12)14-7-5-4-6-13/h8-9H,4-7,13H2,1-3H3,(H,14,15,16). The number of rotatable bonds is 6. The first-order valence-electron chi connectivity index (χ1n) is 5.93. The van der Waals surface area contributed by atoms with Crippen LogP contribution in [0, 0.1) is 6.92 Å². The van der Waals surface area contributed by atoms with Gasteiger partial charge in [-0.05, 0) is 26.3 Å². The van der Waals surface area contributed by atoms with E-state index in [0.29, 0.717) is 5.92 Å². The van der Waals surface area contributed by atoms with Crippen molar-refractivity contribution in [1.82, 2.24) is 9.97 Å². The van der Waals surface area contributed by atoms with Gasteiger partial charge in [-0.15, -0.1) is 0 Å². The molecule has 1 aromatic heterocycles. The van der Waals surface area contributed by atoms with Gasteiger partial charge in [-0.25, -0.2) is 9.97 Å². The summed E-state index contributed by atoms with van der Waals surface area (Å²) in [6, 6.07) is 1.98. The minimum absolute atomic E-state index is 0.365. The number of aromatic nitrogens is 2. The lowest BCUT2D eigenvalue weighted by Gasteiger charge is -2.09. The summed E-state index contributed by atoms with van der Waals surface area (Å²) in [5.74, 6) is 2.19. The molecule has 0 spiro atoms. The van der Waals surface area contributed by atoms with Crippen LogP contribution >= 0.6 is 0 Å². The van der Waals surface area contributed by atoms with Crippen LogP contribution in [0.2, 0.25) is 0 Å². The molecule has 0 aromatic carbocycles. The third kappa shape index (κ3) is 4.14. The van der Waals surface area contributed by atoms with Crippen molar-refractivity contribution >= 4 is 5.82 Å². The second kappa shape index (κ2) is 6.43. The molecule has 4 nitrogen and oxygen atoms in total. The Kier molecular flexibility index (Phi) is 5.19. The molecule has 16 heavy (non-hydrogen) atoms. The first kappa shape index (κ1) is 12.9. The van der Waals surface area contributed by atoms with Gasteiger partial charge in [0.05, 0.1) is 0 Å². The van der Waals surface area contributed by atoms with Crippen LogP contribution in [0.15, 0.2) is 6.07 Å². The number of hydrogen-bond acceptors (Lipinski definition) is 4. The van der Waals surface area contributed by atoms with E-state index in [1.54, 1.807) is 0 Å². The van der Waals surface area contributed by atoms with Crippen molar-refractivity contribution < 1.29 is 0 Å². The summed E-state index contributed by atoms with van der Waals surface area (Å²) < 4.78 is 0. The van der Waals surface area contributed by atoms with Gasteiger partial charge in [-0.2, -0.15) is 0 Å². The van der Waals surface area contributed by atoms with Crippen LogP contribution in [0.1, 0.15) is 44.1 Å². The summed E-state index contributed by atoms with van der Waals surface area (Å²) in [6.45, 7) is 7.88. The first-order valence-corrected chi connectivity index (χ1v) is 5.93. The highest BCUT2D eigenvalue weighted by molar-refractivity contribution is 5.36. The van der Waals surface area contributed by atoms with Crippen LogP contribution in [0.3, 0.4) is 0 Å². The quantitative estimate of drug-likeness (QED) is 0.723. The van der Waals surface area contributed by atoms with E-state index in [9.17, 15) is 0 Å². The summed E-state index contributed by atoms with van der Waals surface area (Å²) in [6.07, 6.45) is 2.13. The highest BCUT2D eigenvalue weighted by Gasteiger charge is 2.05. The summed E-state index contributed by atoms with van der Waals surface area (Å²) in [4.78, 5) is 8.88. The van der Waals surface area contributed by atoms with E-state index in [2.05, 4.69) is 29.1 Å². The van der Waals surface area contributed by atoms with E-state index >= 15 is 0 Å². The number of hydrogen-bond donors (Lipinski definition) is 2. The van der Waals surface area contributed by atoms with Gasteiger partial charge in [0.15, 0.2) is 0 Å². The van der Waals surface area contributed by atoms with Gasteiger partial charge < -0.3 is 11.1 Å². The van der Waals surface area contributed by atoms with E-state index in [-0.39, 0.29) is 0 Å². The molecule has 0 bridgehead atoms. The van der Waals surface area contributed by atoms with Crippen molar-refractivity contribution in [2.24, 2.45) is 5.73 Å². The van der Waals surface area contributed by atoms with Gasteiger partial charge >= 0.3 is 0 Å². The molecular weight excluding hydrogens is 200 g/mol. The highest BCUT2D eigenvalue weighted by Crippen LogP contribution is 2.13. The maximum absolute atomic E-state index is 5.44. The maximum Gasteiger partial charge on any atom is 0.133 e. The molecule has 0 aliphatic carbocycles. The van der Waals surface area contributed by atoms with E-state index < -0.39 is 0 Å². The molecule has 1 heterocycles. The topological polar surface area (TPSA) is 63.8 Å². The number of unbranched alkanes of at least 4 members (excludes halogenated alkanes) is 1. The van der Waals surface area contributed by atoms with Crippen molar-refractivity contribution in [3.05, 3.63) is 17.6 Å². The number of anilines is 1. The molecule has 3 N–H and O–H groups in total. The van der Waals surface area contributed by atoms with Gasteiger partial charge in [-0.1, -0.05) is 13.8 Å². The number of nitrogens with two attached hydrogens (primary N) is 1. The predicted octanol–water partition coefficient (Wildman–Crippen LogP) is 2.06. The fourth-order valence-corrected chi connectivity index (χ4v) is 1.43. The van der Waals surface area contributed by atoms with Gasteiger partial charge in [0.25, 0.3) is 0 Å². The zero-order valence-electron chi connectivity index (χ0n) is 10.5. The molecule has 0 aliphatic rings. The molecule has 0 aliphatic heterocycles. The fraction of sp³-hybridized carbons (Fsp3) is 0.667. The lowest BCUT2D eigenvalue weighted by Crippen LogP contribution is -2.09. The maximum atomic E-state index is 5.44. The summed E-state index contributed by atoms with van der Waals surface area (Å²) in [7, 11) is 0. The second-order valence-corrected chi connectivity index (χ2v) is 4.33. The van der Waals surface area contributed by atoms with Gasteiger partial charge in [-0.3, -0.25) is 0 Å². The highest BCUT2D eigenvalue weighted by atomic mass is 15.0. The number of nitrogens with zero attached hydrogens (tertiary/aromatic N) is 2. The van der Waals surface area contributed by atoms with Crippen molar-refractivity contribution in [3.8, 4) is 0 Å². The average Bonchev–Trinajstić information content (AvgIpc) is 2.23. The fourth-order valence-electron chi connectivity index (χ4n) is 1.43. The molecule has 0 atom stereocenters. The Hall–Kier alpha value is -1.16. The summed E-state index contributed by atoms with van der Waals surface area (Å²) >= 11 is 0. The van der Waals surface area contributed by atoms with Crippen molar-refractivity contribution in [2.45, 2.75) is 39.5 Å². The van der Waals surface area contributed by atoms with E-state index in [1.165, 1.54) is 0 Å².